The highest BCUT2D eigenvalue weighted by Crippen LogP contribution is 2.17. The number of unbranched alkanes of at least 4 members (excludes halogenated alkanes) is 38. The maximum atomic E-state index is 12.8. The van der Waals surface area contributed by atoms with Crippen LogP contribution >= 0.6 is 0 Å². The molecule has 0 aliphatic carbocycles. The first-order valence-corrected chi connectivity index (χ1v) is 28.8. The minimum absolute atomic E-state index is 0.0682. The zero-order valence-corrected chi connectivity index (χ0v) is 43.8. The standard InChI is InChI=1S/C59H110O6/c1-4-7-10-13-16-19-22-25-27-29-30-32-34-37-40-43-46-49-52-58(61)64-55-56(54-63-57(60)51-48-45-42-39-36-33-24-21-18-15-12-9-6-3)65-59(62)53-50-47-44-41-38-35-31-28-26-23-20-17-14-11-8-5-2/h19,22,27,29,56H,4-18,20-21,23-26,28,30-55H2,1-3H3/b22-19-,29-27-. The Hall–Kier alpha value is -2.11. The Morgan fingerprint density at radius 1 is 0.308 bits per heavy atom. The third-order valence-electron chi connectivity index (χ3n) is 13.0. The van der Waals surface area contributed by atoms with Crippen molar-refractivity contribution in [1.29, 1.82) is 0 Å². The van der Waals surface area contributed by atoms with E-state index in [0.29, 0.717) is 19.3 Å². The number of carbonyl (C=O) groups is 3. The Labute approximate surface area is 404 Å². The van der Waals surface area contributed by atoms with E-state index in [2.05, 4.69) is 45.1 Å². The third kappa shape index (κ3) is 52.7. The van der Waals surface area contributed by atoms with Gasteiger partial charge in [0.1, 0.15) is 13.2 Å². The molecule has 0 heterocycles. The smallest absolute Gasteiger partial charge is 0.306 e. The molecule has 65 heavy (non-hydrogen) atoms. The van der Waals surface area contributed by atoms with Crippen LogP contribution in [-0.2, 0) is 28.6 Å². The van der Waals surface area contributed by atoms with Crippen molar-refractivity contribution in [3.8, 4) is 0 Å². The van der Waals surface area contributed by atoms with Crippen molar-refractivity contribution in [2.75, 3.05) is 13.2 Å². The van der Waals surface area contributed by atoms with Gasteiger partial charge in [-0.1, -0.05) is 270 Å². The van der Waals surface area contributed by atoms with Gasteiger partial charge in [-0.3, -0.25) is 14.4 Å². The second kappa shape index (κ2) is 54.5. The van der Waals surface area contributed by atoms with Gasteiger partial charge in [0.05, 0.1) is 0 Å². The molecule has 0 spiro atoms. The predicted octanol–water partition coefficient (Wildman–Crippen LogP) is 19.1. The fourth-order valence-electron chi connectivity index (χ4n) is 8.59. The Morgan fingerprint density at radius 3 is 0.862 bits per heavy atom. The van der Waals surface area contributed by atoms with Gasteiger partial charge in [0.25, 0.3) is 0 Å². The van der Waals surface area contributed by atoms with Crippen LogP contribution in [0.2, 0.25) is 0 Å². The van der Waals surface area contributed by atoms with Crippen LogP contribution in [0.25, 0.3) is 0 Å². The Kier molecular flexibility index (Phi) is 52.7. The lowest BCUT2D eigenvalue weighted by molar-refractivity contribution is -0.167. The summed E-state index contributed by atoms with van der Waals surface area (Å²) < 4.78 is 16.9. The molecule has 0 aliphatic rings. The van der Waals surface area contributed by atoms with Crippen LogP contribution in [0.3, 0.4) is 0 Å². The molecule has 0 fully saturated rings. The fourth-order valence-corrected chi connectivity index (χ4v) is 8.59. The van der Waals surface area contributed by atoms with Gasteiger partial charge in [-0.25, -0.2) is 0 Å². The molecule has 0 rings (SSSR count). The van der Waals surface area contributed by atoms with E-state index in [0.717, 1.165) is 70.6 Å². The van der Waals surface area contributed by atoms with E-state index in [-0.39, 0.29) is 31.1 Å². The SMILES string of the molecule is CCCCCC/C=C\C/C=C\CCCCCCCCCC(=O)OCC(COC(=O)CCCCCCCCCCCCCCC)OC(=O)CCCCCCCCCCCCCCCCCC. The molecule has 1 unspecified atom stereocenters. The van der Waals surface area contributed by atoms with Gasteiger partial charge in [-0.15, -0.1) is 0 Å². The van der Waals surface area contributed by atoms with Gasteiger partial charge >= 0.3 is 17.9 Å². The molecule has 0 bridgehead atoms. The van der Waals surface area contributed by atoms with E-state index >= 15 is 0 Å². The molecule has 0 saturated carbocycles. The summed E-state index contributed by atoms with van der Waals surface area (Å²) in [5.74, 6) is -0.855. The average molecular weight is 916 g/mol. The van der Waals surface area contributed by atoms with Gasteiger partial charge in [-0.05, 0) is 51.4 Å². The first-order chi connectivity index (χ1) is 32.0. The van der Waals surface area contributed by atoms with Crippen LogP contribution in [0.4, 0.5) is 0 Å². The first-order valence-electron chi connectivity index (χ1n) is 28.8. The summed E-state index contributed by atoms with van der Waals surface area (Å²) in [5.41, 5.74) is 0. The van der Waals surface area contributed by atoms with Crippen molar-refractivity contribution in [2.45, 2.75) is 322 Å². The summed E-state index contributed by atoms with van der Waals surface area (Å²) in [6.45, 7) is 6.66. The van der Waals surface area contributed by atoms with Crippen molar-refractivity contribution in [3.05, 3.63) is 24.3 Å². The second-order valence-electron chi connectivity index (χ2n) is 19.6. The Balaban J connectivity index is 4.33. The summed E-state index contributed by atoms with van der Waals surface area (Å²) in [6, 6.07) is 0. The zero-order chi connectivity index (χ0) is 47.2. The van der Waals surface area contributed by atoms with Crippen LogP contribution < -0.4 is 0 Å². The van der Waals surface area contributed by atoms with Crippen molar-refractivity contribution in [3.63, 3.8) is 0 Å². The lowest BCUT2D eigenvalue weighted by atomic mass is 10.0. The molecule has 0 aromatic rings. The van der Waals surface area contributed by atoms with E-state index < -0.39 is 6.10 Å². The van der Waals surface area contributed by atoms with Crippen molar-refractivity contribution in [2.24, 2.45) is 0 Å². The van der Waals surface area contributed by atoms with Crippen LogP contribution in [0.1, 0.15) is 316 Å². The van der Waals surface area contributed by atoms with Crippen molar-refractivity contribution >= 4 is 17.9 Å². The molecule has 0 N–H and O–H groups in total. The average Bonchev–Trinajstić information content (AvgIpc) is 3.30. The number of esters is 3. The maximum Gasteiger partial charge on any atom is 0.306 e. The molecule has 1 atom stereocenters. The molecule has 0 aliphatic heterocycles. The minimum Gasteiger partial charge on any atom is -0.462 e. The second-order valence-corrected chi connectivity index (χ2v) is 19.6. The highest BCUT2D eigenvalue weighted by molar-refractivity contribution is 5.71. The van der Waals surface area contributed by atoms with Gasteiger partial charge in [0.2, 0.25) is 0 Å². The number of hydrogen-bond donors (Lipinski definition) is 0. The zero-order valence-electron chi connectivity index (χ0n) is 43.8. The van der Waals surface area contributed by atoms with E-state index in [4.69, 9.17) is 14.2 Å². The summed E-state index contributed by atoms with van der Waals surface area (Å²) in [5, 5.41) is 0. The van der Waals surface area contributed by atoms with Crippen LogP contribution in [-0.4, -0.2) is 37.2 Å². The quantitative estimate of drug-likeness (QED) is 0.0262. The van der Waals surface area contributed by atoms with E-state index in [9.17, 15) is 14.4 Å². The molecule has 382 valence electrons. The minimum atomic E-state index is -0.769. The van der Waals surface area contributed by atoms with E-state index in [1.54, 1.807) is 0 Å². The number of rotatable bonds is 53. The van der Waals surface area contributed by atoms with Crippen LogP contribution in [0.5, 0.6) is 0 Å². The third-order valence-corrected chi connectivity index (χ3v) is 13.0. The summed E-state index contributed by atoms with van der Waals surface area (Å²) in [4.78, 5) is 38.1. The highest BCUT2D eigenvalue weighted by atomic mass is 16.6. The largest absolute Gasteiger partial charge is 0.462 e. The summed E-state index contributed by atoms with van der Waals surface area (Å²) in [6.07, 6.45) is 63.0. The van der Waals surface area contributed by atoms with Crippen LogP contribution in [0, 0.1) is 0 Å². The predicted molar refractivity (Wildman–Crippen MR) is 279 cm³/mol. The first kappa shape index (κ1) is 62.9. The van der Waals surface area contributed by atoms with Gasteiger partial charge < -0.3 is 14.2 Å². The topological polar surface area (TPSA) is 78.9 Å². The Morgan fingerprint density at radius 2 is 0.554 bits per heavy atom. The van der Waals surface area contributed by atoms with Gasteiger partial charge in [-0.2, -0.15) is 0 Å². The molecular weight excluding hydrogens is 805 g/mol. The summed E-state index contributed by atoms with van der Waals surface area (Å²) >= 11 is 0. The van der Waals surface area contributed by atoms with Gasteiger partial charge in [0.15, 0.2) is 6.10 Å². The lowest BCUT2D eigenvalue weighted by Crippen LogP contribution is -2.30. The fraction of sp³-hybridized carbons (Fsp3) is 0.881. The van der Waals surface area contributed by atoms with E-state index in [1.165, 1.54) is 205 Å². The molecule has 6 heteroatoms. The Bertz CT molecular complexity index is 1050. The number of ether oxygens (including phenoxy) is 3. The molecule has 6 nitrogen and oxygen atoms in total. The molecule has 0 amide bonds. The van der Waals surface area contributed by atoms with Crippen molar-refractivity contribution < 1.29 is 28.6 Å². The molecule has 0 aromatic heterocycles. The summed E-state index contributed by atoms with van der Waals surface area (Å²) in [7, 11) is 0. The van der Waals surface area contributed by atoms with E-state index in [1.807, 2.05) is 0 Å². The van der Waals surface area contributed by atoms with Crippen LogP contribution in [0.15, 0.2) is 24.3 Å². The molecule has 0 saturated heterocycles. The molecule has 0 aromatic carbocycles. The normalized spacial score (nSPS) is 12.1. The number of hydrogen-bond acceptors (Lipinski definition) is 6. The lowest BCUT2D eigenvalue weighted by Gasteiger charge is -2.18. The maximum absolute atomic E-state index is 12.8. The van der Waals surface area contributed by atoms with Gasteiger partial charge in [0, 0.05) is 19.3 Å². The highest BCUT2D eigenvalue weighted by Gasteiger charge is 2.19. The molecular formula is C59H110O6. The van der Waals surface area contributed by atoms with Crippen molar-refractivity contribution in [1.82, 2.24) is 0 Å². The molecule has 0 radical (unpaired) electrons. The number of carbonyl (C=O) groups excluding carboxylic acids is 3. The monoisotopic (exact) mass is 915 g/mol. The number of allylic oxidation sites excluding steroid dienone is 4.